The van der Waals surface area contributed by atoms with Crippen LogP contribution in [0.15, 0.2) is 48.5 Å². The molecule has 4 N–H and O–H groups in total. The van der Waals surface area contributed by atoms with Crippen molar-refractivity contribution < 1.29 is 28.2 Å². The van der Waals surface area contributed by atoms with Gasteiger partial charge >= 0.3 is 26.3 Å². The monoisotopic (exact) mass is 606 g/mol. The van der Waals surface area contributed by atoms with Gasteiger partial charge in [0.2, 0.25) is 0 Å². The van der Waals surface area contributed by atoms with Gasteiger partial charge in [-0.3, -0.25) is 0 Å². The van der Waals surface area contributed by atoms with E-state index < -0.39 is 36.6 Å². The zero-order valence-electron chi connectivity index (χ0n) is 27.5. The highest BCUT2D eigenvalue weighted by Crippen LogP contribution is 2.37. The first-order chi connectivity index (χ1) is 20.6. The lowest BCUT2D eigenvalue weighted by atomic mass is 9.79. The van der Waals surface area contributed by atoms with E-state index in [9.17, 15) is 9.59 Å². The Hall–Kier alpha value is -3.05. The Bertz CT molecular complexity index is 1190. The number of unbranched alkanes of at least 4 members (excludes halogenated alkanes) is 3. The summed E-state index contributed by atoms with van der Waals surface area (Å²) < 4.78 is 24.5. The predicted molar refractivity (Wildman–Crippen MR) is 177 cm³/mol. The maximum absolute atomic E-state index is 12.4. The van der Waals surface area contributed by atoms with E-state index in [0.717, 1.165) is 36.6 Å². The SMILES string of the molecule is CC1(C)OB(c2cccc(NC(=O)NCCCCCCNC(=O)Nc3cccc(B4OC(C)(C)C(C)(C)O4)c3)c2)OC1(C)C. The molecule has 2 heterocycles. The van der Waals surface area contributed by atoms with Crippen LogP contribution in [0.4, 0.5) is 21.0 Å². The highest BCUT2D eigenvalue weighted by molar-refractivity contribution is 6.62. The second-order valence-electron chi connectivity index (χ2n) is 13.6. The van der Waals surface area contributed by atoms with Crippen LogP contribution in [-0.4, -0.2) is 61.8 Å². The van der Waals surface area contributed by atoms with Crippen molar-refractivity contribution in [3.63, 3.8) is 0 Å². The minimum absolute atomic E-state index is 0.253. The Morgan fingerprint density at radius 3 is 1.25 bits per heavy atom. The summed E-state index contributed by atoms with van der Waals surface area (Å²) in [6.45, 7) is 17.2. The van der Waals surface area contributed by atoms with Gasteiger partial charge in [0, 0.05) is 24.5 Å². The van der Waals surface area contributed by atoms with Crippen LogP contribution in [0.25, 0.3) is 0 Å². The smallest absolute Gasteiger partial charge is 0.399 e. The minimum atomic E-state index is -0.482. The van der Waals surface area contributed by atoms with Crippen molar-refractivity contribution in [2.24, 2.45) is 0 Å². The largest absolute Gasteiger partial charge is 0.494 e. The Morgan fingerprint density at radius 2 is 0.909 bits per heavy atom. The number of amides is 4. The third kappa shape index (κ3) is 8.35. The van der Waals surface area contributed by atoms with Crippen molar-refractivity contribution in [1.29, 1.82) is 0 Å². The molecule has 2 aromatic rings. The Balaban J connectivity index is 1.08. The summed E-state index contributed by atoms with van der Waals surface area (Å²) in [7, 11) is -0.965. The molecule has 4 amide bonds. The molecule has 238 valence electrons. The van der Waals surface area contributed by atoms with Crippen molar-refractivity contribution in [2.45, 2.75) is 103 Å². The maximum atomic E-state index is 12.4. The molecule has 0 radical (unpaired) electrons. The number of benzene rings is 2. The van der Waals surface area contributed by atoms with Crippen LogP contribution >= 0.6 is 0 Å². The molecule has 2 saturated heterocycles. The Labute approximate surface area is 263 Å². The topological polar surface area (TPSA) is 119 Å². The third-order valence-corrected chi connectivity index (χ3v) is 9.01. The molecule has 0 bridgehead atoms. The van der Waals surface area contributed by atoms with Crippen LogP contribution in [0.3, 0.4) is 0 Å². The van der Waals surface area contributed by atoms with Crippen molar-refractivity contribution >= 4 is 48.6 Å². The van der Waals surface area contributed by atoms with Crippen molar-refractivity contribution in [2.75, 3.05) is 23.7 Å². The van der Waals surface area contributed by atoms with Crippen LogP contribution in [-0.2, 0) is 18.6 Å². The van der Waals surface area contributed by atoms with Gasteiger partial charge in [0.15, 0.2) is 0 Å². The van der Waals surface area contributed by atoms with Gasteiger partial charge in [-0.05, 0) is 103 Å². The van der Waals surface area contributed by atoms with E-state index in [0.29, 0.717) is 24.5 Å². The number of carbonyl (C=O) groups excluding carboxylic acids is 2. The molecule has 0 unspecified atom stereocenters. The zero-order chi connectivity index (χ0) is 32.2. The van der Waals surface area contributed by atoms with E-state index in [2.05, 4.69) is 21.3 Å². The number of nitrogens with one attached hydrogen (secondary N) is 4. The van der Waals surface area contributed by atoms with E-state index in [1.165, 1.54) is 0 Å². The zero-order valence-corrected chi connectivity index (χ0v) is 27.5. The third-order valence-electron chi connectivity index (χ3n) is 9.01. The van der Waals surface area contributed by atoms with Gasteiger partial charge in [0.25, 0.3) is 0 Å². The Morgan fingerprint density at radius 1 is 0.568 bits per heavy atom. The van der Waals surface area contributed by atoms with Crippen LogP contribution in [0.2, 0.25) is 0 Å². The van der Waals surface area contributed by atoms with Gasteiger partial charge < -0.3 is 39.9 Å². The summed E-state index contributed by atoms with van der Waals surface area (Å²) in [4.78, 5) is 24.8. The lowest BCUT2D eigenvalue weighted by Gasteiger charge is -2.32. The minimum Gasteiger partial charge on any atom is -0.399 e. The molecule has 2 aromatic carbocycles. The number of rotatable bonds is 11. The first-order valence-corrected chi connectivity index (χ1v) is 15.6. The highest BCUT2D eigenvalue weighted by atomic mass is 16.7. The van der Waals surface area contributed by atoms with Crippen LogP contribution in [0.5, 0.6) is 0 Å². The fraction of sp³-hybridized carbons (Fsp3) is 0.562. The number of carbonyl (C=O) groups is 2. The van der Waals surface area contributed by atoms with E-state index in [4.69, 9.17) is 18.6 Å². The normalized spacial score (nSPS) is 19.5. The molecule has 2 fully saturated rings. The highest BCUT2D eigenvalue weighted by Gasteiger charge is 2.52. The summed E-state index contributed by atoms with van der Waals surface area (Å²) >= 11 is 0. The van der Waals surface area contributed by atoms with Crippen LogP contribution in [0.1, 0.15) is 81.1 Å². The maximum Gasteiger partial charge on any atom is 0.494 e. The van der Waals surface area contributed by atoms with Crippen LogP contribution in [0, 0.1) is 0 Å². The number of anilines is 2. The predicted octanol–water partition coefficient (Wildman–Crippen LogP) is 4.79. The molecular weight excluding hydrogens is 558 g/mol. The van der Waals surface area contributed by atoms with Gasteiger partial charge in [-0.2, -0.15) is 0 Å². The summed E-state index contributed by atoms with van der Waals surface area (Å²) in [6.07, 6.45) is 3.58. The van der Waals surface area contributed by atoms with E-state index in [1.807, 2.05) is 104 Å². The molecule has 0 spiro atoms. The molecule has 44 heavy (non-hydrogen) atoms. The van der Waals surface area contributed by atoms with Gasteiger partial charge in [0.1, 0.15) is 0 Å². The first-order valence-electron chi connectivity index (χ1n) is 15.6. The molecule has 2 aliphatic heterocycles. The molecule has 0 aromatic heterocycles. The first kappa shape index (κ1) is 33.8. The molecular formula is C32H48B2N4O6. The standard InChI is InChI=1S/C32H48B2N4O6/c1-29(2)30(3,4)42-33(41-29)23-15-13-17-25(21-23)37-27(39)35-19-11-9-10-12-20-36-28(40)38-26-18-14-16-24(22-26)34-43-31(5,6)32(7,8)44-34/h13-18,21-22H,9-12,19-20H2,1-8H3,(H2,35,37,39)(H2,36,38,40). The second kappa shape index (κ2) is 13.5. The molecule has 0 saturated carbocycles. The van der Waals surface area contributed by atoms with E-state index in [1.54, 1.807) is 0 Å². The van der Waals surface area contributed by atoms with Gasteiger partial charge in [-0.15, -0.1) is 0 Å². The number of urea groups is 2. The van der Waals surface area contributed by atoms with Crippen molar-refractivity contribution in [1.82, 2.24) is 10.6 Å². The molecule has 0 atom stereocenters. The summed E-state index contributed by atoms with van der Waals surface area (Å²) in [5, 5.41) is 11.6. The summed E-state index contributed by atoms with van der Waals surface area (Å²) in [5.74, 6) is 0. The lowest BCUT2D eigenvalue weighted by Crippen LogP contribution is -2.41. The molecule has 4 rings (SSSR count). The van der Waals surface area contributed by atoms with Crippen molar-refractivity contribution in [3.05, 3.63) is 48.5 Å². The molecule has 10 nitrogen and oxygen atoms in total. The van der Waals surface area contributed by atoms with E-state index in [-0.39, 0.29) is 12.1 Å². The summed E-state index contributed by atoms with van der Waals surface area (Å²) in [6, 6.07) is 14.6. The number of hydrogen-bond acceptors (Lipinski definition) is 6. The lowest BCUT2D eigenvalue weighted by molar-refractivity contribution is 0.00578. The quantitative estimate of drug-likeness (QED) is 0.216. The average molecular weight is 606 g/mol. The van der Waals surface area contributed by atoms with Gasteiger partial charge in [-0.25, -0.2) is 9.59 Å². The summed E-state index contributed by atoms with van der Waals surface area (Å²) in [5.41, 5.74) is 1.37. The second-order valence-corrected chi connectivity index (χ2v) is 13.6. The molecule has 12 heteroatoms. The Kier molecular flexibility index (Phi) is 10.4. The fourth-order valence-corrected chi connectivity index (χ4v) is 4.84. The molecule has 0 aliphatic carbocycles. The average Bonchev–Trinajstić information content (AvgIpc) is 3.30. The van der Waals surface area contributed by atoms with Gasteiger partial charge in [-0.1, -0.05) is 37.1 Å². The number of hydrogen-bond donors (Lipinski definition) is 4. The molecule has 2 aliphatic rings. The van der Waals surface area contributed by atoms with Gasteiger partial charge in [0.05, 0.1) is 22.4 Å². The van der Waals surface area contributed by atoms with Crippen molar-refractivity contribution in [3.8, 4) is 0 Å². The van der Waals surface area contributed by atoms with Crippen LogP contribution < -0.4 is 32.2 Å². The fourth-order valence-electron chi connectivity index (χ4n) is 4.84. The van der Waals surface area contributed by atoms with E-state index >= 15 is 0 Å².